The molecule has 0 radical (unpaired) electrons. The van der Waals surface area contributed by atoms with Crippen LogP contribution in [0.1, 0.15) is 32.9 Å². The summed E-state index contributed by atoms with van der Waals surface area (Å²) in [4.78, 5) is 17.4. The van der Waals surface area contributed by atoms with Gasteiger partial charge in [-0.05, 0) is 92.9 Å². The molecule has 1 atom stereocenters. The maximum atomic E-state index is 12.7. The predicted octanol–water partition coefficient (Wildman–Crippen LogP) is 7.76. The summed E-state index contributed by atoms with van der Waals surface area (Å²) in [6.07, 6.45) is 2.50. The molecule has 0 saturated carbocycles. The molecular formula is C26H27Br2NO4. The van der Waals surface area contributed by atoms with Gasteiger partial charge >= 0.3 is 5.97 Å². The van der Waals surface area contributed by atoms with Crippen molar-refractivity contribution in [2.24, 2.45) is 11.8 Å². The number of nitrogens with zero attached hydrogens (tertiary/aromatic N) is 1. The molecule has 1 aromatic heterocycles. The zero-order valence-electron chi connectivity index (χ0n) is 18.9. The van der Waals surface area contributed by atoms with Crippen LogP contribution in [0.25, 0.3) is 10.8 Å². The highest BCUT2D eigenvalue weighted by Gasteiger charge is 2.23. The molecule has 0 bridgehead atoms. The molecule has 0 aliphatic heterocycles. The average molecular weight is 577 g/mol. The molecule has 1 unspecified atom stereocenters. The maximum Gasteiger partial charge on any atom is 0.309 e. The molecule has 5 nitrogen and oxygen atoms in total. The zero-order chi connectivity index (χ0) is 23.8. The van der Waals surface area contributed by atoms with Crippen molar-refractivity contribution in [1.29, 1.82) is 0 Å². The van der Waals surface area contributed by atoms with E-state index in [9.17, 15) is 4.79 Å². The monoisotopic (exact) mass is 575 g/mol. The first-order valence-corrected chi connectivity index (χ1v) is 12.4. The topological polar surface area (TPSA) is 57.6 Å². The van der Waals surface area contributed by atoms with E-state index < -0.39 is 0 Å². The molecule has 1 heterocycles. The Balaban J connectivity index is 1.79. The van der Waals surface area contributed by atoms with Crippen LogP contribution in [0.2, 0.25) is 0 Å². The van der Waals surface area contributed by atoms with Crippen molar-refractivity contribution in [3.8, 4) is 17.4 Å². The lowest BCUT2D eigenvalue weighted by atomic mass is 9.93. The summed E-state index contributed by atoms with van der Waals surface area (Å²) in [5.74, 6) is 1.56. The summed E-state index contributed by atoms with van der Waals surface area (Å²) in [7, 11) is 0. The summed E-state index contributed by atoms with van der Waals surface area (Å²) in [5.41, 5.74) is 0.628. The molecule has 0 N–H and O–H groups in total. The van der Waals surface area contributed by atoms with Gasteiger partial charge in [0.05, 0.1) is 21.6 Å². The van der Waals surface area contributed by atoms with Crippen molar-refractivity contribution in [3.05, 3.63) is 69.8 Å². The maximum absolute atomic E-state index is 12.7. The SMILES string of the molecule is CCOc1ccc(Oc2nc(COC(=O)C(CC=C(Br)Br)C(C)C)cc3ccccc23)cc1. The van der Waals surface area contributed by atoms with Gasteiger partial charge in [0.25, 0.3) is 0 Å². The molecule has 0 saturated heterocycles. The number of esters is 1. The van der Waals surface area contributed by atoms with Crippen molar-refractivity contribution in [3.63, 3.8) is 0 Å². The van der Waals surface area contributed by atoms with Gasteiger partial charge in [-0.2, -0.15) is 0 Å². The third-order valence-corrected chi connectivity index (χ3v) is 5.75. The standard InChI is InChI=1S/C26H27Br2NO4/c1-4-31-20-9-11-21(12-10-20)33-25-23-8-6-5-7-18(23)15-19(29-25)16-32-26(30)22(17(2)3)13-14-24(27)28/h5-12,14-15,17,22H,4,13,16H2,1-3H3. The van der Waals surface area contributed by atoms with Crippen LogP contribution in [-0.2, 0) is 16.1 Å². The van der Waals surface area contributed by atoms with E-state index in [0.29, 0.717) is 30.4 Å². The van der Waals surface area contributed by atoms with Crippen LogP contribution in [-0.4, -0.2) is 17.6 Å². The molecule has 0 aliphatic rings. The second kappa shape index (κ2) is 12.2. The first-order valence-electron chi connectivity index (χ1n) is 10.8. The number of ether oxygens (including phenoxy) is 3. The number of benzene rings is 2. The number of pyridine rings is 1. The van der Waals surface area contributed by atoms with E-state index >= 15 is 0 Å². The van der Waals surface area contributed by atoms with E-state index in [1.165, 1.54) is 0 Å². The highest BCUT2D eigenvalue weighted by Crippen LogP contribution is 2.30. The molecule has 2 aromatic carbocycles. The van der Waals surface area contributed by atoms with E-state index in [0.717, 1.165) is 19.9 Å². The van der Waals surface area contributed by atoms with Crippen LogP contribution >= 0.6 is 31.9 Å². The van der Waals surface area contributed by atoms with Gasteiger partial charge in [-0.1, -0.05) is 38.1 Å². The van der Waals surface area contributed by atoms with E-state index in [2.05, 4.69) is 36.8 Å². The van der Waals surface area contributed by atoms with Crippen LogP contribution in [0.5, 0.6) is 17.4 Å². The first-order chi connectivity index (χ1) is 15.9. The zero-order valence-corrected chi connectivity index (χ0v) is 22.1. The van der Waals surface area contributed by atoms with Gasteiger partial charge in [-0.3, -0.25) is 4.79 Å². The van der Waals surface area contributed by atoms with Gasteiger partial charge in [-0.15, -0.1) is 0 Å². The third-order valence-electron chi connectivity index (χ3n) is 5.10. The van der Waals surface area contributed by atoms with Gasteiger partial charge < -0.3 is 14.2 Å². The number of halogens is 2. The number of carbonyl (C=O) groups excluding carboxylic acids is 1. The fourth-order valence-electron chi connectivity index (χ4n) is 3.36. The Kier molecular flexibility index (Phi) is 9.32. The second-order valence-electron chi connectivity index (χ2n) is 7.83. The van der Waals surface area contributed by atoms with Gasteiger partial charge in [-0.25, -0.2) is 4.98 Å². The minimum absolute atomic E-state index is 0.0751. The Hall–Kier alpha value is -2.38. The Morgan fingerprint density at radius 1 is 1.06 bits per heavy atom. The van der Waals surface area contributed by atoms with E-state index in [1.807, 2.05) is 81.4 Å². The number of hydrogen-bond acceptors (Lipinski definition) is 5. The Bertz CT molecular complexity index is 1110. The molecule has 3 rings (SSSR count). The van der Waals surface area contributed by atoms with Crippen LogP contribution in [0.15, 0.2) is 64.1 Å². The lowest BCUT2D eigenvalue weighted by Gasteiger charge is -2.18. The Labute approximate surface area is 211 Å². The summed E-state index contributed by atoms with van der Waals surface area (Å²) < 4.78 is 18.1. The van der Waals surface area contributed by atoms with E-state index in [1.54, 1.807) is 0 Å². The Morgan fingerprint density at radius 2 is 1.76 bits per heavy atom. The van der Waals surface area contributed by atoms with Crippen LogP contribution in [0.4, 0.5) is 0 Å². The van der Waals surface area contributed by atoms with Crippen molar-refractivity contribution in [1.82, 2.24) is 4.98 Å². The van der Waals surface area contributed by atoms with Crippen molar-refractivity contribution >= 4 is 48.6 Å². The van der Waals surface area contributed by atoms with Crippen LogP contribution in [0.3, 0.4) is 0 Å². The number of carbonyl (C=O) groups is 1. The van der Waals surface area contributed by atoms with Crippen molar-refractivity contribution in [2.45, 2.75) is 33.8 Å². The summed E-state index contributed by atoms with van der Waals surface area (Å²) in [5, 5.41) is 1.85. The quantitative estimate of drug-likeness (QED) is 0.231. The molecule has 7 heteroatoms. The number of allylic oxidation sites excluding steroid dienone is 1. The molecule has 0 spiro atoms. The van der Waals surface area contributed by atoms with Crippen LogP contribution in [0, 0.1) is 11.8 Å². The summed E-state index contributed by atoms with van der Waals surface area (Å²) >= 11 is 6.68. The molecule has 3 aromatic rings. The lowest BCUT2D eigenvalue weighted by molar-refractivity contribution is -0.151. The average Bonchev–Trinajstić information content (AvgIpc) is 2.79. The smallest absolute Gasteiger partial charge is 0.309 e. The third kappa shape index (κ3) is 7.30. The molecule has 33 heavy (non-hydrogen) atoms. The van der Waals surface area contributed by atoms with Gasteiger partial charge in [0.2, 0.25) is 5.88 Å². The minimum Gasteiger partial charge on any atom is -0.494 e. The van der Waals surface area contributed by atoms with Gasteiger partial charge in [0.1, 0.15) is 18.1 Å². The summed E-state index contributed by atoms with van der Waals surface area (Å²) in [6, 6.07) is 17.2. The molecule has 174 valence electrons. The first kappa shape index (κ1) is 25.2. The fraction of sp³-hybridized carbons (Fsp3) is 0.308. The molecule has 0 fully saturated rings. The molecule has 0 aliphatic carbocycles. The van der Waals surface area contributed by atoms with Crippen LogP contribution < -0.4 is 9.47 Å². The summed E-state index contributed by atoms with van der Waals surface area (Å²) in [6.45, 7) is 6.65. The minimum atomic E-state index is -0.244. The number of aromatic nitrogens is 1. The van der Waals surface area contributed by atoms with E-state index in [-0.39, 0.29) is 24.4 Å². The molecular weight excluding hydrogens is 550 g/mol. The van der Waals surface area contributed by atoms with Crippen molar-refractivity contribution < 1.29 is 19.0 Å². The second-order valence-corrected chi connectivity index (χ2v) is 10.6. The largest absolute Gasteiger partial charge is 0.494 e. The number of rotatable bonds is 10. The van der Waals surface area contributed by atoms with Gasteiger partial charge in [0.15, 0.2) is 0 Å². The normalized spacial score (nSPS) is 11.8. The van der Waals surface area contributed by atoms with Crippen molar-refractivity contribution in [2.75, 3.05) is 6.61 Å². The highest BCUT2D eigenvalue weighted by molar-refractivity contribution is 9.28. The molecule has 0 amide bonds. The Morgan fingerprint density at radius 3 is 2.42 bits per heavy atom. The van der Waals surface area contributed by atoms with E-state index in [4.69, 9.17) is 14.2 Å². The highest BCUT2D eigenvalue weighted by atomic mass is 79.9. The lowest BCUT2D eigenvalue weighted by Crippen LogP contribution is -2.22. The predicted molar refractivity (Wildman–Crippen MR) is 138 cm³/mol. The fourth-order valence-corrected chi connectivity index (χ4v) is 3.74. The van der Waals surface area contributed by atoms with Gasteiger partial charge in [0, 0.05) is 5.39 Å². The number of hydrogen-bond donors (Lipinski definition) is 0. The number of fused-ring (bicyclic) bond motifs is 1.